The van der Waals surface area contributed by atoms with Crippen molar-refractivity contribution in [2.45, 2.75) is 82.1 Å². The Hall–Kier alpha value is -1.32. The SMILES string of the molecule is CC(C)C1=Cc2c(cccc2C2(C)CC=CO2)[CH]1[Zr]([CH3])([CH3])(=[SiH2])[CH]1C(C(C)C)=Cc2c1cccc2C1(C)CC=CO1.Cl.Cl. The second-order valence-electron chi connectivity index (χ2n) is 14.9. The number of benzene rings is 2. The molecule has 226 valence electrons. The summed E-state index contributed by atoms with van der Waals surface area (Å²) in [5.74, 6) is 0.988. The maximum Gasteiger partial charge on any atom is -0.147 e. The third-order valence-corrected chi connectivity index (χ3v) is 27.7. The molecule has 0 saturated heterocycles. The topological polar surface area (TPSA) is 18.5 Å². The Morgan fingerprint density at radius 3 is 1.40 bits per heavy atom. The Kier molecular flexibility index (Phi) is 8.98. The monoisotopic (exact) mass is 700 g/mol. The third kappa shape index (κ3) is 5.01. The summed E-state index contributed by atoms with van der Waals surface area (Å²) >= 11 is -3.71. The number of rotatable bonds is 6. The summed E-state index contributed by atoms with van der Waals surface area (Å²) in [5, 5.41) is 0. The van der Waals surface area contributed by atoms with Crippen molar-refractivity contribution in [3.8, 4) is 0 Å². The van der Waals surface area contributed by atoms with E-state index in [1.54, 1.807) is 22.3 Å². The van der Waals surface area contributed by atoms with Gasteiger partial charge in [-0.3, -0.25) is 0 Å². The van der Waals surface area contributed by atoms with Gasteiger partial charge in [0.15, 0.2) is 0 Å². The minimum Gasteiger partial charge on any atom is -0.147 e. The van der Waals surface area contributed by atoms with E-state index < -0.39 is 17.4 Å². The first-order chi connectivity index (χ1) is 18.8. The summed E-state index contributed by atoms with van der Waals surface area (Å²) in [6.07, 6.45) is 15.1. The zero-order valence-electron chi connectivity index (χ0n) is 26.5. The van der Waals surface area contributed by atoms with Crippen molar-refractivity contribution in [1.29, 1.82) is 0 Å². The van der Waals surface area contributed by atoms with Crippen LogP contribution in [0.25, 0.3) is 12.2 Å². The summed E-state index contributed by atoms with van der Waals surface area (Å²) < 4.78 is 19.0. The molecule has 4 unspecified atom stereocenters. The molecule has 0 bridgehead atoms. The van der Waals surface area contributed by atoms with Crippen LogP contribution in [0.5, 0.6) is 0 Å². The van der Waals surface area contributed by atoms with Crippen LogP contribution in [-0.2, 0) is 38.1 Å². The molecule has 2 heterocycles. The van der Waals surface area contributed by atoms with Crippen molar-refractivity contribution in [2.24, 2.45) is 11.8 Å². The molecular formula is C36H48Cl2O2SiZr. The van der Waals surface area contributed by atoms with Gasteiger partial charge in [-0.1, -0.05) is 0 Å². The molecule has 6 heteroatoms. The average Bonchev–Trinajstić information content (AvgIpc) is 3.67. The predicted molar refractivity (Wildman–Crippen MR) is 183 cm³/mol. The minimum atomic E-state index is -3.71. The van der Waals surface area contributed by atoms with Crippen LogP contribution in [0.15, 0.2) is 72.2 Å². The van der Waals surface area contributed by atoms with Crippen molar-refractivity contribution in [1.82, 2.24) is 0 Å². The van der Waals surface area contributed by atoms with E-state index in [1.807, 2.05) is 12.5 Å². The second kappa shape index (κ2) is 11.2. The zero-order chi connectivity index (χ0) is 28.7. The Morgan fingerprint density at radius 1 is 0.714 bits per heavy atom. The summed E-state index contributed by atoms with van der Waals surface area (Å²) in [4.78, 5) is 0. The van der Waals surface area contributed by atoms with Crippen LogP contribution in [0.2, 0.25) is 9.26 Å². The van der Waals surface area contributed by atoms with E-state index in [2.05, 4.69) is 118 Å². The molecule has 4 aliphatic rings. The Bertz CT molecular complexity index is 1460. The number of allylic oxidation sites excluding steroid dienone is 2. The number of hydrogen-bond acceptors (Lipinski definition) is 2. The van der Waals surface area contributed by atoms with Gasteiger partial charge in [0.25, 0.3) is 0 Å². The molecule has 2 aromatic rings. The minimum absolute atomic E-state index is 0. The molecule has 4 atom stereocenters. The summed E-state index contributed by atoms with van der Waals surface area (Å²) in [5.41, 5.74) is 11.3. The third-order valence-electron chi connectivity index (χ3n) is 10.4. The van der Waals surface area contributed by atoms with Gasteiger partial charge in [-0.05, 0) is 0 Å². The standard InChI is InChI=1S/2C17H19O.2CH3.2ClH.H2Si.Zr/c2*1-12(2)14-10-13-6-4-7-16(15(13)11-14)17(3)8-5-9-18-17;;;;;;/h2*4-7,9-12H,8H2,1-3H3;2*1H3;2*1H;1H2;. The smallest absolute Gasteiger partial charge is 0.147 e. The van der Waals surface area contributed by atoms with Crippen LogP contribution in [0.1, 0.15) is 95.0 Å². The maximum absolute atomic E-state index is 6.24. The maximum atomic E-state index is 6.24. The molecule has 0 spiro atoms. The fourth-order valence-corrected chi connectivity index (χ4v) is 28.3. The molecule has 0 saturated carbocycles. The fourth-order valence-electron chi connectivity index (χ4n) is 8.44. The Balaban J connectivity index is 0.00000202. The van der Waals surface area contributed by atoms with Crippen molar-refractivity contribution in [2.75, 3.05) is 0 Å². The quantitative estimate of drug-likeness (QED) is 0.279. The molecule has 42 heavy (non-hydrogen) atoms. The Morgan fingerprint density at radius 2 is 1.10 bits per heavy atom. The first-order valence-electron chi connectivity index (χ1n) is 15.2. The Labute approximate surface area is 268 Å². The molecule has 0 fully saturated rings. The van der Waals surface area contributed by atoms with E-state index in [4.69, 9.17) is 9.47 Å². The van der Waals surface area contributed by atoms with Gasteiger partial charge in [0.1, 0.15) is 0 Å². The normalized spacial score (nSPS) is 27.6. The van der Waals surface area contributed by atoms with Crippen LogP contribution < -0.4 is 0 Å². The molecule has 0 aromatic heterocycles. The van der Waals surface area contributed by atoms with Gasteiger partial charge in [0, 0.05) is 0 Å². The summed E-state index contributed by atoms with van der Waals surface area (Å²) in [7, 11) is 0. The molecule has 6 rings (SSSR count). The molecule has 2 nitrogen and oxygen atoms in total. The van der Waals surface area contributed by atoms with E-state index in [9.17, 15) is 0 Å². The number of hydrogen-bond donors (Lipinski definition) is 0. The van der Waals surface area contributed by atoms with Crippen molar-refractivity contribution < 1.29 is 26.9 Å². The van der Waals surface area contributed by atoms with E-state index in [-0.39, 0.29) is 36.0 Å². The first kappa shape index (κ1) is 33.6. The molecular weight excluding hydrogens is 655 g/mol. The zero-order valence-corrected chi connectivity index (χ0v) is 32.0. The van der Waals surface area contributed by atoms with Gasteiger partial charge >= 0.3 is 245 Å². The van der Waals surface area contributed by atoms with Gasteiger partial charge in [-0.15, -0.1) is 24.8 Å². The predicted octanol–water partition coefficient (Wildman–Crippen LogP) is 10.1. The van der Waals surface area contributed by atoms with E-state index in [0.717, 1.165) is 12.8 Å². The number of ether oxygens (including phenoxy) is 2. The van der Waals surface area contributed by atoms with Gasteiger partial charge in [-0.2, -0.15) is 0 Å². The molecule has 0 N–H and O–H groups in total. The molecule has 2 aliphatic heterocycles. The largest absolute Gasteiger partial charge is 0.147 e. The van der Waals surface area contributed by atoms with Crippen molar-refractivity contribution in [3.63, 3.8) is 0 Å². The van der Waals surface area contributed by atoms with Crippen LogP contribution in [0, 0.1) is 11.8 Å². The molecule has 0 radical (unpaired) electrons. The number of halogens is 2. The average molecular weight is 703 g/mol. The van der Waals surface area contributed by atoms with Gasteiger partial charge < -0.3 is 0 Å². The van der Waals surface area contributed by atoms with Crippen LogP contribution in [-0.4, -0.2) is 6.88 Å². The van der Waals surface area contributed by atoms with Crippen molar-refractivity contribution in [3.05, 3.63) is 106 Å². The van der Waals surface area contributed by atoms with Gasteiger partial charge in [-0.25, -0.2) is 0 Å². The molecule has 2 aliphatic carbocycles. The van der Waals surface area contributed by atoms with E-state index in [1.165, 1.54) is 22.3 Å². The summed E-state index contributed by atoms with van der Waals surface area (Å²) in [6, 6.07) is 14.1. The van der Waals surface area contributed by atoms with E-state index >= 15 is 0 Å². The fraction of sp³-hybridized carbons (Fsp3) is 0.444. The summed E-state index contributed by atoms with van der Waals surface area (Å²) in [6.45, 7) is 16.6. The van der Waals surface area contributed by atoms with Crippen LogP contribution in [0.4, 0.5) is 0 Å². The molecule has 0 amide bonds. The first-order valence-corrected chi connectivity index (χ1v) is 28.9. The van der Waals surface area contributed by atoms with Gasteiger partial charge in [0.2, 0.25) is 0 Å². The molecule has 2 aromatic carbocycles. The van der Waals surface area contributed by atoms with Gasteiger partial charge in [0.05, 0.1) is 0 Å². The van der Waals surface area contributed by atoms with Crippen LogP contribution in [0.3, 0.4) is 0 Å². The second-order valence-corrected chi connectivity index (χ2v) is 45.3. The van der Waals surface area contributed by atoms with E-state index in [0.29, 0.717) is 19.1 Å². The number of fused-ring (bicyclic) bond motifs is 2. The van der Waals surface area contributed by atoms with Crippen LogP contribution >= 0.6 is 24.8 Å². The van der Waals surface area contributed by atoms with Crippen molar-refractivity contribution >= 4 is 43.8 Å².